The van der Waals surface area contributed by atoms with E-state index in [2.05, 4.69) is 5.92 Å². The van der Waals surface area contributed by atoms with Crippen molar-refractivity contribution in [3.63, 3.8) is 0 Å². The zero-order valence-corrected chi connectivity index (χ0v) is 11.4. The first kappa shape index (κ1) is 14.5. The van der Waals surface area contributed by atoms with Crippen LogP contribution in [0.15, 0.2) is 0 Å². The molecule has 1 aliphatic rings. The molecule has 1 aliphatic carbocycles. The first-order valence-corrected chi connectivity index (χ1v) is 7.59. The Balaban J connectivity index is 2.47. The van der Waals surface area contributed by atoms with Crippen LogP contribution >= 0.6 is 0 Å². The maximum absolute atomic E-state index is 12.0. The quantitative estimate of drug-likeness (QED) is 0.613. The van der Waals surface area contributed by atoms with Crippen LogP contribution in [0.3, 0.4) is 0 Å². The Morgan fingerprint density at radius 1 is 1.47 bits per heavy atom. The van der Waals surface area contributed by atoms with Gasteiger partial charge in [-0.2, -0.15) is 4.31 Å². The molecule has 0 aromatic heterocycles. The lowest BCUT2D eigenvalue weighted by atomic mass is 10.4. The number of ether oxygens (including phenoxy) is 1. The van der Waals surface area contributed by atoms with Gasteiger partial charge >= 0.3 is 0 Å². The van der Waals surface area contributed by atoms with Gasteiger partial charge in [-0.25, -0.2) is 8.42 Å². The highest BCUT2D eigenvalue weighted by molar-refractivity contribution is 7.89. The lowest BCUT2D eigenvalue weighted by molar-refractivity contribution is 0.0907. The summed E-state index contributed by atoms with van der Waals surface area (Å²) in [6.45, 7) is 4.73. The SMILES string of the molecule is C#CCN(CC1CC1)S(=O)(=O)CCOC(C)C. The van der Waals surface area contributed by atoms with E-state index in [0.29, 0.717) is 12.5 Å². The summed E-state index contributed by atoms with van der Waals surface area (Å²) in [5.41, 5.74) is 0. The molecule has 1 saturated carbocycles. The summed E-state index contributed by atoms with van der Waals surface area (Å²) in [7, 11) is -3.27. The minimum atomic E-state index is -3.27. The van der Waals surface area contributed by atoms with Crippen LogP contribution in [-0.4, -0.2) is 44.3 Å². The van der Waals surface area contributed by atoms with Gasteiger partial charge in [-0.05, 0) is 32.6 Å². The average Bonchev–Trinajstić information content (AvgIpc) is 3.00. The van der Waals surface area contributed by atoms with Gasteiger partial charge in [0.1, 0.15) is 0 Å². The van der Waals surface area contributed by atoms with Gasteiger partial charge in [0.05, 0.1) is 25.0 Å². The van der Waals surface area contributed by atoms with Gasteiger partial charge in [0, 0.05) is 6.54 Å². The first-order chi connectivity index (χ1) is 7.95. The van der Waals surface area contributed by atoms with Crippen molar-refractivity contribution in [2.45, 2.75) is 32.8 Å². The molecule has 17 heavy (non-hydrogen) atoms. The highest BCUT2D eigenvalue weighted by atomic mass is 32.2. The van der Waals surface area contributed by atoms with Crippen LogP contribution in [0.4, 0.5) is 0 Å². The normalized spacial score (nSPS) is 16.4. The van der Waals surface area contributed by atoms with Crippen molar-refractivity contribution in [3.8, 4) is 12.3 Å². The molecule has 0 bridgehead atoms. The molecule has 0 amide bonds. The molecular weight excluding hydrogens is 238 g/mol. The van der Waals surface area contributed by atoms with Crippen molar-refractivity contribution in [1.29, 1.82) is 0 Å². The molecule has 4 nitrogen and oxygen atoms in total. The predicted molar refractivity (Wildman–Crippen MR) is 68.0 cm³/mol. The summed E-state index contributed by atoms with van der Waals surface area (Å²) in [6, 6.07) is 0. The van der Waals surface area contributed by atoms with Crippen molar-refractivity contribution in [2.24, 2.45) is 5.92 Å². The molecule has 0 radical (unpaired) electrons. The van der Waals surface area contributed by atoms with E-state index in [1.807, 2.05) is 13.8 Å². The fourth-order valence-corrected chi connectivity index (χ4v) is 2.76. The second-order valence-electron chi connectivity index (χ2n) is 4.68. The fourth-order valence-electron chi connectivity index (χ4n) is 1.48. The number of rotatable bonds is 8. The van der Waals surface area contributed by atoms with Crippen molar-refractivity contribution >= 4 is 10.0 Å². The second-order valence-corrected chi connectivity index (χ2v) is 6.76. The lowest BCUT2D eigenvalue weighted by Gasteiger charge is -2.20. The Labute approximate surface area is 104 Å². The molecule has 1 fully saturated rings. The van der Waals surface area contributed by atoms with Crippen molar-refractivity contribution in [2.75, 3.05) is 25.4 Å². The number of nitrogens with zero attached hydrogens (tertiary/aromatic N) is 1. The summed E-state index contributed by atoms with van der Waals surface area (Å²) in [5, 5.41) is 0. The zero-order valence-electron chi connectivity index (χ0n) is 10.6. The molecule has 0 saturated heterocycles. The van der Waals surface area contributed by atoms with Crippen LogP contribution < -0.4 is 0 Å². The smallest absolute Gasteiger partial charge is 0.217 e. The van der Waals surface area contributed by atoms with Crippen LogP contribution in [0.1, 0.15) is 26.7 Å². The van der Waals surface area contributed by atoms with Crippen LogP contribution in [0.25, 0.3) is 0 Å². The van der Waals surface area contributed by atoms with E-state index in [1.54, 1.807) is 0 Å². The second kappa shape index (κ2) is 6.39. The molecule has 0 heterocycles. The standard InChI is InChI=1S/C12H21NO3S/c1-4-7-13(10-12-5-6-12)17(14,15)9-8-16-11(2)3/h1,11-12H,5-10H2,2-3H3. The molecule has 1 rings (SSSR count). The van der Waals surface area contributed by atoms with E-state index in [9.17, 15) is 8.42 Å². The maximum atomic E-state index is 12.0. The maximum Gasteiger partial charge on any atom is 0.217 e. The minimum Gasteiger partial charge on any atom is -0.378 e. The van der Waals surface area contributed by atoms with Gasteiger partial charge in [0.25, 0.3) is 0 Å². The Bertz CT molecular complexity index is 366. The predicted octanol–water partition coefficient (Wildman–Crippen LogP) is 1.09. The van der Waals surface area contributed by atoms with Crippen molar-refractivity contribution in [3.05, 3.63) is 0 Å². The molecule has 0 unspecified atom stereocenters. The summed E-state index contributed by atoms with van der Waals surface area (Å²) in [4.78, 5) is 0. The summed E-state index contributed by atoms with van der Waals surface area (Å²) < 4.78 is 30.7. The molecule has 0 aromatic rings. The average molecular weight is 259 g/mol. The highest BCUT2D eigenvalue weighted by Gasteiger charge is 2.29. The van der Waals surface area contributed by atoms with Crippen LogP contribution in [-0.2, 0) is 14.8 Å². The molecule has 0 aliphatic heterocycles. The first-order valence-electron chi connectivity index (χ1n) is 5.98. The monoisotopic (exact) mass is 259 g/mol. The Morgan fingerprint density at radius 3 is 2.59 bits per heavy atom. The van der Waals surface area contributed by atoms with Crippen molar-refractivity contribution < 1.29 is 13.2 Å². The van der Waals surface area contributed by atoms with Gasteiger partial charge in [0.15, 0.2) is 0 Å². The molecule has 98 valence electrons. The zero-order chi connectivity index (χ0) is 12.9. The fraction of sp³-hybridized carbons (Fsp3) is 0.833. The van der Waals surface area contributed by atoms with Gasteiger partial charge in [-0.1, -0.05) is 5.92 Å². The third-order valence-electron chi connectivity index (χ3n) is 2.61. The number of terminal acetylenes is 1. The van der Waals surface area contributed by atoms with Gasteiger partial charge in [-0.15, -0.1) is 6.42 Å². The Hall–Kier alpha value is -0.570. The van der Waals surface area contributed by atoms with Crippen molar-refractivity contribution in [1.82, 2.24) is 4.31 Å². The number of hydrogen-bond acceptors (Lipinski definition) is 3. The molecule has 5 heteroatoms. The third kappa shape index (κ3) is 5.53. The number of sulfonamides is 1. The van der Waals surface area contributed by atoms with Gasteiger partial charge in [-0.3, -0.25) is 0 Å². The molecule has 0 aromatic carbocycles. The third-order valence-corrected chi connectivity index (χ3v) is 4.36. The lowest BCUT2D eigenvalue weighted by Crippen LogP contribution is -2.36. The van der Waals surface area contributed by atoms with Gasteiger partial charge in [0.2, 0.25) is 10.0 Å². The van der Waals surface area contributed by atoms with E-state index in [4.69, 9.17) is 11.2 Å². The van der Waals surface area contributed by atoms with E-state index in [0.717, 1.165) is 12.8 Å². The molecular formula is C12H21NO3S. The summed E-state index contributed by atoms with van der Waals surface area (Å²) in [5.74, 6) is 2.93. The highest BCUT2D eigenvalue weighted by Crippen LogP contribution is 2.30. The van der Waals surface area contributed by atoms with E-state index in [1.165, 1.54) is 4.31 Å². The van der Waals surface area contributed by atoms with E-state index in [-0.39, 0.29) is 25.0 Å². The Kier molecular flexibility index (Phi) is 5.44. The van der Waals surface area contributed by atoms with Crippen LogP contribution in [0.5, 0.6) is 0 Å². The number of hydrogen-bond donors (Lipinski definition) is 0. The topological polar surface area (TPSA) is 46.6 Å². The van der Waals surface area contributed by atoms with Crippen LogP contribution in [0.2, 0.25) is 0 Å². The summed E-state index contributed by atoms with van der Waals surface area (Å²) >= 11 is 0. The molecule has 0 spiro atoms. The minimum absolute atomic E-state index is 0.0135. The van der Waals surface area contributed by atoms with Gasteiger partial charge < -0.3 is 4.74 Å². The van der Waals surface area contributed by atoms with E-state index >= 15 is 0 Å². The largest absolute Gasteiger partial charge is 0.378 e. The Morgan fingerprint density at radius 2 is 2.12 bits per heavy atom. The summed E-state index contributed by atoms with van der Waals surface area (Å²) in [6.07, 6.45) is 7.48. The van der Waals surface area contributed by atoms with E-state index < -0.39 is 10.0 Å². The molecule has 0 atom stereocenters. The molecule has 0 N–H and O–H groups in total. The van der Waals surface area contributed by atoms with Crippen LogP contribution in [0, 0.1) is 18.3 Å².